The van der Waals surface area contributed by atoms with E-state index in [-0.39, 0.29) is 0 Å². The van der Waals surface area contributed by atoms with E-state index in [1.54, 1.807) is 0 Å². The SMILES string of the molecule is CC(C)C(C)N1CC2C(N)C2C1. The normalized spacial score (nSPS) is 43.2. The fourth-order valence-electron chi connectivity index (χ4n) is 2.36. The second kappa shape index (κ2) is 2.71. The molecule has 3 atom stereocenters. The third-order valence-electron chi connectivity index (χ3n) is 3.83. The van der Waals surface area contributed by atoms with Gasteiger partial charge in [0.2, 0.25) is 0 Å². The molecule has 1 aliphatic carbocycles. The van der Waals surface area contributed by atoms with Gasteiger partial charge in [0.15, 0.2) is 0 Å². The first-order valence-electron chi connectivity index (χ1n) is 5.11. The molecule has 2 aliphatic rings. The van der Waals surface area contributed by atoms with Crippen molar-refractivity contribution in [2.24, 2.45) is 23.5 Å². The molecule has 1 saturated carbocycles. The van der Waals surface area contributed by atoms with Gasteiger partial charge in [0.1, 0.15) is 0 Å². The minimum absolute atomic E-state index is 0.542. The van der Waals surface area contributed by atoms with E-state index in [0.29, 0.717) is 6.04 Å². The molecule has 0 amide bonds. The summed E-state index contributed by atoms with van der Waals surface area (Å²) in [6.07, 6.45) is 0. The monoisotopic (exact) mass is 168 g/mol. The average Bonchev–Trinajstić information content (AvgIpc) is 2.53. The van der Waals surface area contributed by atoms with Gasteiger partial charge >= 0.3 is 0 Å². The van der Waals surface area contributed by atoms with Crippen molar-refractivity contribution in [2.45, 2.75) is 32.9 Å². The van der Waals surface area contributed by atoms with Gasteiger partial charge in [0, 0.05) is 25.2 Å². The van der Waals surface area contributed by atoms with Crippen LogP contribution in [0.15, 0.2) is 0 Å². The molecule has 0 aromatic rings. The molecule has 0 aromatic carbocycles. The van der Waals surface area contributed by atoms with Crippen LogP contribution in [0.4, 0.5) is 0 Å². The summed E-state index contributed by atoms with van der Waals surface area (Å²) in [6, 6.07) is 1.28. The summed E-state index contributed by atoms with van der Waals surface area (Å²) in [6.45, 7) is 9.44. The van der Waals surface area contributed by atoms with Gasteiger partial charge < -0.3 is 5.73 Å². The summed E-state index contributed by atoms with van der Waals surface area (Å²) in [4.78, 5) is 2.60. The van der Waals surface area contributed by atoms with Gasteiger partial charge in [0.25, 0.3) is 0 Å². The van der Waals surface area contributed by atoms with Crippen molar-refractivity contribution in [1.29, 1.82) is 0 Å². The summed E-state index contributed by atoms with van der Waals surface area (Å²) in [5, 5.41) is 0. The summed E-state index contributed by atoms with van der Waals surface area (Å²) < 4.78 is 0. The Bertz CT molecular complexity index is 167. The van der Waals surface area contributed by atoms with E-state index >= 15 is 0 Å². The van der Waals surface area contributed by atoms with Crippen molar-refractivity contribution in [1.82, 2.24) is 4.90 Å². The second-order valence-corrected chi connectivity index (χ2v) is 4.84. The summed E-state index contributed by atoms with van der Waals surface area (Å²) in [5.41, 5.74) is 5.88. The molecule has 0 bridgehead atoms. The second-order valence-electron chi connectivity index (χ2n) is 4.84. The maximum Gasteiger partial charge on any atom is 0.0127 e. The molecule has 1 saturated heterocycles. The van der Waals surface area contributed by atoms with Crippen molar-refractivity contribution in [2.75, 3.05) is 13.1 Å². The molecule has 2 rings (SSSR count). The van der Waals surface area contributed by atoms with Crippen molar-refractivity contribution < 1.29 is 0 Å². The van der Waals surface area contributed by atoms with Crippen LogP contribution in [0.1, 0.15) is 20.8 Å². The predicted molar refractivity (Wildman–Crippen MR) is 50.8 cm³/mol. The number of likely N-dealkylation sites (tertiary alicyclic amines) is 1. The van der Waals surface area contributed by atoms with Gasteiger partial charge in [-0.25, -0.2) is 0 Å². The van der Waals surface area contributed by atoms with Gasteiger partial charge in [0.05, 0.1) is 0 Å². The Labute approximate surface area is 75.1 Å². The van der Waals surface area contributed by atoms with Gasteiger partial charge in [-0.15, -0.1) is 0 Å². The van der Waals surface area contributed by atoms with Crippen LogP contribution in [0.25, 0.3) is 0 Å². The zero-order chi connectivity index (χ0) is 8.88. The van der Waals surface area contributed by atoms with Gasteiger partial charge in [-0.05, 0) is 24.7 Å². The minimum Gasteiger partial charge on any atom is -0.327 e. The first-order valence-corrected chi connectivity index (χ1v) is 5.11. The highest BCUT2D eigenvalue weighted by molar-refractivity contribution is 5.09. The first kappa shape index (κ1) is 8.52. The number of fused-ring (bicyclic) bond motifs is 1. The summed E-state index contributed by atoms with van der Waals surface area (Å²) in [5.74, 6) is 2.45. The predicted octanol–water partition coefficient (Wildman–Crippen LogP) is 0.920. The third-order valence-corrected chi connectivity index (χ3v) is 3.83. The van der Waals surface area contributed by atoms with Crippen molar-refractivity contribution in [3.63, 3.8) is 0 Å². The summed E-state index contributed by atoms with van der Waals surface area (Å²) >= 11 is 0. The standard InChI is InChI=1S/C10H20N2/c1-6(2)7(3)12-4-8-9(5-12)10(8)11/h6-10H,4-5,11H2,1-3H3. The first-order chi connectivity index (χ1) is 5.61. The molecule has 12 heavy (non-hydrogen) atoms. The minimum atomic E-state index is 0.542. The number of rotatable bonds is 2. The molecule has 2 heteroatoms. The van der Waals surface area contributed by atoms with Gasteiger partial charge in [-0.2, -0.15) is 0 Å². The molecule has 3 unspecified atom stereocenters. The van der Waals surface area contributed by atoms with Crippen LogP contribution in [0.2, 0.25) is 0 Å². The highest BCUT2D eigenvalue weighted by Crippen LogP contribution is 2.44. The molecule has 70 valence electrons. The van der Waals surface area contributed by atoms with Crippen LogP contribution in [-0.4, -0.2) is 30.1 Å². The molecule has 2 N–H and O–H groups in total. The number of nitrogens with zero attached hydrogens (tertiary/aromatic N) is 1. The zero-order valence-electron chi connectivity index (χ0n) is 8.33. The molecule has 0 spiro atoms. The number of hydrogen-bond donors (Lipinski definition) is 1. The van der Waals surface area contributed by atoms with E-state index in [1.807, 2.05) is 0 Å². The molecule has 2 nitrogen and oxygen atoms in total. The van der Waals surface area contributed by atoms with Crippen LogP contribution < -0.4 is 5.73 Å². The van der Waals surface area contributed by atoms with Crippen LogP contribution in [0.3, 0.4) is 0 Å². The van der Waals surface area contributed by atoms with Crippen LogP contribution in [-0.2, 0) is 0 Å². The zero-order valence-corrected chi connectivity index (χ0v) is 8.33. The summed E-state index contributed by atoms with van der Waals surface area (Å²) in [7, 11) is 0. The van der Waals surface area contributed by atoms with Crippen LogP contribution in [0.5, 0.6) is 0 Å². The molecule has 0 aromatic heterocycles. The molecular formula is C10H20N2. The Morgan fingerprint density at radius 2 is 1.67 bits per heavy atom. The topological polar surface area (TPSA) is 29.3 Å². The molecule has 2 fully saturated rings. The Balaban J connectivity index is 1.86. The highest BCUT2D eigenvalue weighted by atomic mass is 15.2. The number of nitrogens with two attached hydrogens (primary N) is 1. The molecular weight excluding hydrogens is 148 g/mol. The fourth-order valence-corrected chi connectivity index (χ4v) is 2.36. The maximum atomic E-state index is 5.88. The Morgan fingerprint density at radius 1 is 1.17 bits per heavy atom. The quantitative estimate of drug-likeness (QED) is 0.664. The highest BCUT2D eigenvalue weighted by Gasteiger charge is 2.54. The Kier molecular flexibility index (Phi) is 1.92. The van der Waals surface area contributed by atoms with Gasteiger partial charge in [-0.1, -0.05) is 13.8 Å². The molecule has 1 aliphatic heterocycles. The number of piperidine rings is 1. The van der Waals surface area contributed by atoms with Crippen LogP contribution in [0, 0.1) is 17.8 Å². The van der Waals surface area contributed by atoms with E-state index in [2.05, 4.69) is 25.7 Å². The van der Waals surface area contributed by atoms with E-state index in [4.69, 9.17) is 5.73 Å². The van der Waals surface area contributed by atoms with Crippen LogP contribution >= 0.6 is 0 Å². The third kappa shape index (κ3) is 1.17. The maximum absolute atomic E-state index is 5.88. The number of hydrogen-bond acceptors (Lipinski definition) is 2. The Hall–Kier alpha value is -0.0800. The largest absolute Gasteiger partial charge is 0.327 e. The van der Waals surface area contributed by atoms with Crippen molar-refractivity contribution in [3.05, 3.63) is 0 Å². The average molecular weight is 168 g/mol. The lowest BCUT2D eigenvalue weighted by atomic mass is 10.0. The van der Waals surface area contributed by atoms with Crippen molar-refractivity contribution >= 4 is 0 Å². The molecule has 0 radical (unpaired) electrons. The smallest absolute Gasteiger partial charge is 0.0127 e. The Morgan fingerprint density at radius 3 is 2.08 bits per heavy atom. The van der Waals surface area contributed by atoms with Gasteiger partial charge in [-0.3, -0.25) is 4.90 Å². The van der Waals surface area contributed by atoms with E-state index in [0.717, 1.165) is 23.8 Å². The van der Waals surface area contributed by atoms with E-state index in [1.165, 1.54) is 13.1 Å². The fraction of sp³-hybridized carbons (Fsp3) is 1.00. The van der Waals surface area contributed by atoms with E-state index in [9.17, 15) is 0 Å². The molecule has 1 heterocycles. The van der Waals surface area contributed by atoms with Crippen molar-refractivity contribution in [3.8, 4) is 0 Å². The lowest BCUT2D eigenvalue weighted by molar-refractivity contribution is 0.185. The van der Waals surface area contributed by atoms with E-state index < -0.39 is 0 Å². The lowest BCUT2D eigenvalue weighted by Gasteiger charge is -2.29. The lowest BCUT2D eigenvalue weighted by Crippen LogP contribution is -2.38.